The lowest BCUT2D eigenvalue weighted by Crippen LogP contribution is -2.02. The molecule has 0 bridgehead atoms. The summed E-state index contributed by atoms with van der Waals surface area (Å²) in [6.07, 6.45) is 0. The third kappa shape index (κ3) is 1.33. The van der Waals surface area contributed by atoms with Gasteiger partial charge in [0.1, 0.15) is 0 Å². The molecule has 4 nitrogen and oxygen atoms in total. The molecule has 0 aromatic heterocycles. The molecule has 0 saturated heterocycles. The summed E-state index contributed by atoms with van der Waals surface area (Å²) < 4.78 is 15.5. The van der Waals surface area contributed by atoms with Crippen LogP contribution in [0.1, 0.15) is 10.4 Å². The average Bonchev–Trinajstić information content (AvgIpc) is 2.66. The van der Waals surface area contributed by atoms with Gasteiger partial charge in [0.25, 0.3) is 0 Å². The first-order valence-electron chi connectivity index (χ1n) is 3.90. The van der Waals surface area contributed by atoms with Crippen LogP contribution in [0.4, 0.5) is 0 Å². The van der Waals surface area contributed by atoms with Crippen molar-refractivity contribution in [2.45, 2.75) is 0 Å². The normalized spacial score (nSPS) is 12.7. The number of carbonyl (C=O) groups excluding carboxylic acids is 1. The van der Waals surface area contributed by atoms with Gasteiger partial charge in [-0.15, -0.1) is 0 Å². The van der Waals surface area contributed by atoms with Crippen molar-refractivity contribution in [1.29, 1.82) is 0 Å². The van der Waals surface area contributed by atoms with E-state index in [1.165, 1.54) is 7.11 Å². The molecule has 1 aliphatic heterocycles. The van der Waals surface area contributed by atoms with Crippen LogP contribution in [-0.2, 0) is 4.74 Å². The molecular formula is C9H7BrO4. The van der Waals surface area contributed by atoms with Crippen molar-refractivity contribution in [3.63, 3.8) is 0 Å². The van der Waals surface area contributed by atoms with Gasteiger partial charge >= 0.3 is 5.97 Å². The van der Waals surface area contributed by atoms with Gasteiger partial charge in [-0.3, -0.25) is 0 Å². The summed E-state index contributed by atoms with van der Waals surface area (Å²) in [5.41, 5.74) is 0.428. The molecule has 1 aliphatic rings. The largest absolute Gasteiger partial charge is 0.465 e. The Hall–Kier alpha value is -1.23. The number of esters is 1. The number of halogens is 1. The van der Waals surface area contributed by atoms with Crippen molar-refractivity contribution >= 4 is 21.9 Å². The van der Waals surface area contributed by atoms with Crippen LogP contribution in [0, 0.1) is 0 Å². The summed E-state index contributed by atoms with van der Waals surface area (Å²) in [7, 11) is 1.33. The van der Waals surface area contributed by atoms with Crippen molar-refractivity contribution in [3.8, 4) is 11.5 Å². The van der Waals surface area contributed by atoms with Crippen molar-refractivity contribution in [1.82, 2.24) is 0 Å². The van der Waals surface area contributed by atoms with Crippen molar-refractivity contribution in [2.24, 2.45) is 0 Å². The number of benzene rings is 1. The van der Waals surface area contributed by atoms with Crippen molar-refractivity contribution < 1.29 is 19.0 Å². The minimum absolute atomic E-state index is 0.179. The summed E-state index contributed by atoms with van der Waals surface area (Å²) in [6, 6.07) is 3.31. The zero-order valence-corrected chi connectivity index (χ0v) is 8.96. The Balaban J connectivity index is 2.50. The van der Waals surface area contributed by atoms with Gasteiger partial charge in [0, 0.05) is 0 Å². The monoisotopic (exact) mass is 258 g/mol. The summed E-state index contributed by atoms with van der Waals surface area (Å²) >= 11 is 3.27. The van der Waals surface area contributed by atoms with E-state index in [4.69, 9.17) is 9.47 Å². The van der Waals surface area contributed by atoms with Gasteiger partial charge in [0.15, 0.2) is 11.5 Å². The molecular weight excluding hydrogens is 252 g/mol. The van der Waals surface area contributed by atoms with Gasteiger partial charge in [-0.25, -0.2) is 4.79 Å². The molecule has 0 unspecified atom stereocenters. The highest BCUT2D eigenvalue weighted by molar-refractivity contribution is 9.10. The molecule has 0 saturated carbocycles. The van der Waals surface area contributed by atoms with E-state index >= 15 is 0 Å². The molecule has 0 amide bonds. The Labute approximate surface area is 88.9 Å². The van der Waals surface area contributed by atoms with Gasteiger partial charge in [-0.05, 0) is 28.1 Å². The molecule has 0 aliphatic carbocycles. The Bertz CT molecular complexity index is 389. The molecule has 5 heteroatoms. The lowest BCUT2D eigenvalue weighted by molar-refractivity contribution is 0.0599. The van der Waals surface area contributed by atoms with E-state index < -0.39 is 5.97 Å². The fourth-order valence-electron chi connectivity index (χ4n) is 1.21. The number of hydrogen-bond acceptors (Lipinski definition) is 4. The molecule has 0 fully saturated rings. The third-order valence-electron chi connectivity index (χ3n) is 1.88. The zero-order chi connectivity index (χ0) is 10.1. The Morgan fingerprint density at radius 2 is 2.29 bits per heavy atom. The molecule has 0 spiro atoms. The van der Waals surface area contributed by atoms with Crippen LogP contribution in [0.3, 0.4) is 0 Å². The van der Waals surface area contributed by atoms with E-state index in [1.54, 1.807) is 12.1 Å². The minimum Gasteiger partial charge on any atom is -0.465 e. The predicted octanol–water partition coefficient (Wildman–Crippen LogP) is 1.96. The summed E-state index contributed by atoms with van der Waals surface area (Å²) in [6.45, 7) is 0.179. The second-order valence-electron chi connectivity index (χ2n) is 2.65. The van der Waals surface area contributed by atoms with E-state index in [1.807, 2.05) is 0 Å². The number of rotatable bonds is 1. The second-order valence-corrected chi connectivity index (χ2v) is 3.45. The number of methoxy groups -OCH3 is 1. The molecule has 0 atom stereocenters. The number of fused-ring (bicyclic) bond motifs is 1. The van der Waals surface area contributed by atoms with E-state index in [-0.39, 0.29) is 6.79 Å². The Kier molecular flexibility index (Phi) is 2.33. The van der Waals surface area contributed by atoms with Gasteiger partial charge in [-0.2, -0.15) is 0 Å². The van der Waals surface area contributed by atoms with Crippen LogP contribution in [0.2, 0.25) is 0 Å². The van der Waals surface area contributed by atoms with E-state index in [0.29, 0.717) is 21.5 Å². The van der Waals surface area contributed by atoms with E-state index in [2.05, 4.69) is 20.7 Å². The molecule has 74 valence electrons. The summed E-state index contributed by atoms with van der Waals surface area (Å²) in [4.78, 5) is 11.3. The van der Waals surface area contributed by atoms with Crippen LogP contribution >= 0.6 is 15.9 Å². The number of carbonyl (C=O) groups is 1. The maximum atomic E-state index is 11.3. The quantitative estimate of drug-likeness (QED) is 0.723. The predicted molar refractivity (Wildman–Crippen MR) is 51.6 cm³/mol. The fraction of sp³-hybridized carbons (Fsp3) is 0.222. The summed E-state index contributed by atoms with van der Waals surface area (Å²) in [5.74, 6) is 0.771. The SMILES string of the molecule is COC(=O)c1ccc2c(c1Br)OCO2. The molecule has 1 aromatic carbocycles. The topological polar surface area (TPSA) is 44.8 Å². The van der Waals surface area contributed by atoms with Crippen molar-refractivity contribution in [3.05, 3.63) is 22.2 Å². The lowest BCUT2D eigenvalue weighted by Gasteiger charge is -2.04. The van der Waals surface area contributed by atoms with Crippen LogP contribution in [-0.4, -0.2) is 19.9 Å². The standard InChI is InChI=1S/C9H7BrO4/c1-12-9(11)5-2-3-6-8(7(5)10)14-4-13-6/h2-3H,4H2,1H3. The van der Waals surface area contributed by atoms with Crippen LogP contribution in [0.5, 0.6) is 11.5 Å². The molecule has 1 aromatic rings. The van der Waals surface area contributed by atoms with Crippen LogP contribution in [0.25, 0.3) is 0 Å². The third-order valence-corrected chi connectivity index (χ3v) is 2.67. The van der Waals surface area contributed by atoms with Gasteiger partial charge in [0.05, 0.1) is 17.1 Å². The Morgan fingerprint density at radius 1 is 1.50 bits per heavy atom. The zero-order valence-electron chi connectivity index (χ0n) is 7.37. The number of ether oxygens (including phenoxy) is 3. The van der Waals surface area contributed by atoms with Gasteiger partial charge < -0.3 is 14.2 Å². The van der Waals surface area contributed by atoms with Crippen LogP contribution in [0.15, 0.2) is 16.6 Å². The maximum Gasteiger partial charge on any atom is 0.339 e. The van der Waals surface area contributed by atoms with E-state index in [0.717, 1.165) is 0 Å². The molecule has 0 N–H and O–H groups in total. The summed E-state index contributed by atoms with van der Waals surface area (Å²) in [5, 5.41) is 0. The first-order valence-corrected chi connectivity index (χ1v) is 4.69. The molecule has 1 heterocycles. The van der Waals surface area contributed by atoms with E-state index in [9.17, 15) is 4.79 Å². The maximum absolute atomic E-state index is 11.3. The van der Waals surface area contributed by atoms with Crippen LogP contribution < -0.4 is 9.47 Å². The molecule has 14 heavy (non-hydrogen) atoms. The average molecular weight is 259 g/mol. The lowest BCUT2D eigenvalue weighted by atomic mass is 10.2. The highest BCUT2D eigenvalue weighted by Crippen LogP contribution is 2.41. The highest BCUT2D eigenvalue weighted by Gasteiger charge is 2.22. The first-order chi connectivity index (χ1) is 6.74. The second kappa shape index (κ2) is 3.49. The van der Waals surface area contributed by atoms with Gasteiger partial charge in [-0.1, -0.05) is 0 Å². The number of hydrogen-bond donors (Lipinski definition) is 0. The smallest absolute Gasteiger partial charge is 0.339 e. The Morgan fingerprint density at radius 3 is 3.00 bits per heavy atom. The molecule has 0 radical (unpaired) electrons. The first kappa shape index (κ1) is 9.33. The van der Waals surface area contributed by atoms with Crippen molar-refractivity contribution in [2.75, 3.05) is 13.9 Å². The fourth-order valence-corrected chi connectivity index (χ4v) is 1.81. The molecule has 2 rings (SSSR count). The minimum atomic E-state index is -0.407. The van der Waals surface area contributed by atoms with Gasteiger partial charge in [0.2, 0.25) is 6.79 Å². The highest BCUT2D eigenvalue weighted by atomic mass is 79.9.